The summed E-state index contributed by atoms with van der Waals surface area (Å²) in [5, 5.41) is 7.33. The summed E-state index contributed by atoms with van der Waals surface area (Å²) in [6.07, 6.45) is 3.43. The van der Waals surface area contributed by atoms with Gasteiger partial charge in [-0.15, -0.1) is 0 Å². The molecule has 0 aliphatic carbocycles. The number of pyridine rings is 2. The summed E-state index contributed by atoms with van der Waals surface area (Å²) in [6, 6.07) is 14.3. The Morgan fingerprint density at radius 3 is 2.55 bits per heavy atom. The van der Waals surface area contributed by atoms with Crippen LogP contribution >= 0.6 is 0 Å². The van der Waals surface area contributed by atoms with Gasteiger partial charge < -0.3 is 10.6 Å². The fraction of sp³-hybridized carbons (Fsp3) is 0.348. The molecule has 1 amide bonds. The van der Waals surface area contributed by atoms with Crippen molar-refractivity contribution in [2.45, 2.75) is 39.8 Å². The summed E-state index contributed by atoms with van der Waals surface area (Å²) in [7, 11) is 0. The van der Waals surface area contributed by atoms with Crippen molar-refractivity contribution in [1.29, 1.82) is 0 Å². The first-order valence-corrected chi connectivity index (χ1v) is 10.1. The van der Waals surface area contributed by atoms with Gasteiger partial charge in [-0.2, -0.15) is 0 Å². The molecule has 0 aliphatic rings. The van der Waals surface area contributed by atoms with Crippen LogP contribution in [0.5, 0.6) is 0 Å². The van der Waals surface area contributed by atoms with Crippen LogP contribution in [0.4, 0.5) is 11.5 Å². The van der Waals surface area contributed by atoms with Crippen molar-refractivity contribution in [3.63, 3.8) is 0 Å². The Balaban J connectivity index is 1.63. The van der Waals surface area contributed by atoms with Gasteiger partial charge in [-0.25, -0.2) is 4.98 Å². The van der Waals surface area contributed by atoms with Gasteiger partial charge in [-0.05, 0) is 64.1 Å². The third-order valence-electron chi connectivity index (χ3n) is 4.88. The Morgan fingerprint density at radius 1 is 1.00 bits per heavy atom. The maximum atomic E-state index is 12.6. The molecule has 0 atom stereocenters. The molecule has 0 bridgehead atoms. The highest BCUT2D eigenvalue weighted by Gasteiger charge is 2.14. The molecule has 0 saturated heterocycles. The second-order valence-corrected chi connectivity index (χ2v) is 7.65. The lowest BCUT2D eigenvalue weighted by Crippen LogP contribution is -2.42. The molecule has 29 heavy (non-hydrogen) atoms. The summed E-state index contributed by atoms with van der Waals surface area (Å²) in [4.78, 5) is 23.6. The molecular weight excluding hydrogens is 362 g/mol. The molecule has 2 aromatic heterocycles. The number of amides is 1. The van der Waals surface area contributed by atoms with Gasteiger partial charge in [0.2, 0.25) is 0 Å². The highest BCUT2D eigenvalue weighted by Crippen LogP contribution is 2.20. The number of hydrogen-bond donors (Lipinski definition) is 2. The van der Waals surface area contributed by atoms with Crippen LogP contribution in [0.25, 0.3) is 10.9 Å². The lowest BCUT2D eigenvalue weighted by atomic mass is 10.2. The normalized spacial score (nSPS) is 11.4. The van der Waals surface area contributed by atoms with E-state index in [1.165, 1.54) is 0 Å². The SMILES string of the molecule is CC(C)N(CCNC(=O)c1ccnc(Nc2ccc3ncccc3c2)c1)C(C)C. The summed E-state index contributed by atoms with van der Waals surface area (Å²) in [5.41, 5.74) is 2.43. The number of anilines is 2. The van der Waals surface area contributed by atoms with Gasteiger partial charge in [0.15, 0.2) is 0 Å². The van der Waals surface area contributed by atoms with Crippen LogP contribution in [0.3, 0.4) is 0 Å². The summed E-state index contributed by atoms with van der Waals surface area (Å²) in [6.45, 7) is 10.1. The Morgan fingerprint density at radius 2 is 1.79 bits per heavy atom. The molecule has 6 nitrogen and oxygen atoms in total. The lowest BCUT2D eigenvalue weighted by Gasteiger charge is -2.30. The van der Waals surface area contributed by atoms with Crippen LogP contribution in [0.2, 0.25) is 0 Å². The van der Waals surface area contributed by atoms with E-state index in [0.29, 0.717) is 30.0 Å². The summed E-state index contributed by atoms with van der Waals surface area (Å²) in [5.74, 6) is 0.539. The number of carbonyl (C=O) groups is 1. The molecule has 2 heterocycles. The topological polar surface area (TPSA) is 70.2 Å². The van der Waals surface area contributed by atoms with Gasteiger partial charge >= 0.3 is 0 Å². The van der Waals surface area contributed by atoms with Gasteiger partial charge in [-0.3, -0.25) is 14.7 Å². The van der Waals surface area contributed by atoms with Crippen LogP contribution in [-0.4, -0.2) is 45.9 Å². The highest BCUT2D eigenvalue weighted by molar-refractivity contribution is 5.95. The minimum atomic E-state index is -0.0920. The van der Waals surface area contributed by atoms with Crippen molar-refractivity contribution in [2.24, 2.45) is 0 Å². The van der Waals surface area contributed by atoms with Crippen LogP contribution in [0.15, 0.2) is 54.9 Å². The minimum Gasteiger partial charge on any atom is -0.351 e. The molecule has 0 fully saturated rings. The zero-order valence-electron chi connectivity index (χ0n) is 17.5. The lowest BCUT2D eigenvalue weighted by molar-refractivity contribution is 0.0939. The molecule has 0 unspecified atom stereocenters. The molecule has 3 aromatic rings. The molecule has 6 heteroatoms. The van der Waals surface area contributed by atoms with Crippen molar-refractivity contribution in [3.8, 4) is 0 Å². The van der Waals surface area contributed by atoms with E-state index in [2.05, 4.69) is 53.2 Å². The average molecular weight is 392 g/mol. The first-order valence-electron chi connectivity index (χ1n) is 10.1. The number of rotatable bonds is 8. The summed E-state index contributed by atoms with van der Waals surface area (Å²) < 4.78 is 0. The first kappa shape index (κ1) is 20.7. The van der Waals surface area contributed by atoms with Gasteiger partial charge in [0.1, 0.15) is 5.82 Å². The van der Waals surface area contributed by atoms with E-state index in [4.69, 9.17) is 0 Å². The Kier molecular flexibility index (Phi) is 6.77. The Bertz CT molecular complexity index is 962. The number of nitrogens with one attached hydrogen (secondary N) is 2. The van der Waals surface area contributed by atoms with E-state index in [-0.39, 0.29) is 5.91 Å². The van der Waals surface area contributed by atoms with E-state index in [9.17, 15) is 4.79 Å². The van der Waals surface area contributed by atoms with Crippen LogP contribution in [0.1, 0.15) is 38.1 Å². The second-order valence-electron chi connectivity index (χ2n) is 7.65. The number of aromatic nitrogens is 2. The van der Waals surface area contributed by atoms with Crippen molar-refractivity contribution in [2.75, 3.05) is 18.4 Å². The van der Waals surface area contributed by atoms with Crippen molar-refractivity contribution < 1.29 is 4.79 Å². The van der Waals surface area contributed by atoms with Gasteiger partial charge in [0.05, 0.1) is 5.52 Å². The van der Waals surface area contributed by atoms with Gasteiger partial charge in [-0.1, -0.05) is 6.07 Å². The Hall–Kier alpha value is -2.99. The molecule has 0 spiro atoms. The van der Waals surface area contributed by atoms with Crippen molar-refractivity contribution in [1.82, 2.24) is 20.2 Å². The number of nitrogens with zero attached hydrogens (tertiary/aromatic N) is 3. The van der Waals surface area contributed by atoms with Crippen molar-refractivity contribution in [3.05, 3.63) is 60.4 Å². The van der Waals surface area contributed by atoms with Crippen LogP contribution in [-0.2, 0) is 0 Å². The molecule has 0 aliphatic heterocycles. The van der Waals surface area contributed by atoms with E-state index in [0.717, 1.165) is 23.1 Å². The fourth-order valence-corrected chi connectivity index (χ4v) is 3.45. The third-order valence-corrected chi connectivity index (χ3v) is 4.88. The predicted octanol–water partition coefficient (Wildman–Crippen LogP) is 4.22. The molecule has 0 radical (unpaired) electrons. The molecule has 1 aromatic carbocycles. The van der Waals surface area contributed by atoms with E-state index >= 15 is 0 Å². The van der Waals surface area contributed by atoms with Crippen LogP contribution in [0, 0.1) is 0 Å². The minimum absolute atomic E-state index is 0.0920. The van der Waals surface area contributed by atoms with E-state index < -0.39 is 0 Å². The number of carbonyl (C=O) groups excluding carboxylic acids is 1. The van der Waals surface area contributed by atoms with Gasteiger partial charge in [0, 0.05) is 54.2 Å². The largest absolute Gasteiger partial charge is 0.351 e. The third kappa shape index (κ3) is 5.51. The van der Waals surface area contributed by atoms with Crippen LogP contribution < -0.4 is 10.6 Å². The quantitative estimate of drug-likeness (QED) is 0.602. The summed E-state index contributed by atoms with van der Waals surface area (Å²) >= 11 is 0. The maximum Gasteiger partial charge on any atom is 0.251 e. The monoisotopic (exact) mass is 391 g/mol. The predicted molar refractivity (Wildman–Crippen MR) is 119 cm³/mol. The standard InChI is InChI=1S/C23H29N5O/c1-16(2)28(17(3)4)13-12-26-23(29)19-9-11-25-22(15-19)27-20-7-8-21-18(14-20)6-5-10-24-21/h5-11,14-17H,12-13H2,1-4H3,(H,25,27)(H,26,29). The first-order chi connectivity index (χ1) is 13.9. The zero-order valence-corrected chi connectivity index (χ0v) is 17.5. The Labute approximate surface area is 172 Å². The second kappa shape index (κ2) is 9.47. The average Bonchev–Trinajstić information content (AvgIpc) is 2.70. The highest BCUT2D eigenvalue weighted by atomic mass is 16.1. The molecular formula is C23H29N5O. The maximum absolute atomic E-state index is 12.6. The smallest absolute Gasteiger partial charge is 0.251 e. The van der Waals surface area contributed by atoms with Crippen molar-refractivity contribution >= 4 is 28.3 Å². The molecule has 2 N–H and O–H groups in total. The van der Waals surface area contributed by atoms with Gasteiger partial charge in [0.25, 0.3) is 5.91 Å². The number of hydrogen-bond acceptors (Lipinski definition) is 5. The van der Waals surface area contributed by atoms with E-state index in [1.54, 1.807) is 24.5 Å². The molecule has 3 rings (SSSR count). The fourth-order valence-electron chi connectivity index (χ4n) is 3.45. The number of benzene rings is 1. The zero-order chi connectivity index (χ0) is 20.8. The molecule has 152 valence electrons. The number of fused-ring (bicyclic) bond motifs is 1. The van der Waals surface area contributed by atoms with E-state index in [1.807, 2.05) is 30.3 Å². The molecule has 0 saturated carbocycles.